The topological polar surface area (TPSA) is 111 Å². The van der Waals surface area contributed by atoms with Crippen LogP contribution in [0.4, 0.5) is 10.1 Å². The first-order valence-electron chi connectivity index (χ1n) is 8.55. The van der Waals surface area contributed by atoms with Crippen LogP contribution in [0.2, 0.25) is 0 Å². The van der Waals surface area contributed by atoms with Crippen molar-refractivity contribution in [2.75, 3.05) is 31.5 Å². The highest BCUT2D eigenvalue weighted by Gasteiger charge is 2.35. The average Bonchev–Trinajstić information content (AvgIpc) is 3.21. The molecule has 140 valence electrons. The number of amides is 3. The molecule has 0 radical (unpaired) electrons. The summed E-state index contributed by atoms with van der Waals surface area (Å²) in [5.41, 5.74) is 0.949. The number of H-pyrrole nitrogens is 1. The van der Waals surface area contributed by atoms with Gasteiger partial charge in [0, 0.05) is 38.3 Å². The van der Waals surface area contributed by atoms with Crippen LogP contribution in [0.5, 0.6) is 0 Å². The molecule has 2 N–H and O–H groups in total. The van der Waals surface area contributed by atoms with Crippen LogP contribution in [0.3, 0.4) is 0 Å². The van der Waals surface area contributed by atoms with Crippen LogP contribution in [0.25, 0.3) is 0 Å². The van der Waals surface area contributed by atoms with Crippen LogP contribution in [0.15, 0.2) is 24.5 Å². The number of piperazine rings is 1. The van der Waals surface area contributed by atoms with Gasteiger partial charge in [-0.05, 0) is 23.8 Å². The van der Waals surface area contributed by atoms with Crippen molar-refractivity contribution in [2.45, 2.75) is 12.3 Å². The number of aromatic nitrogens is 3. The van der Waals surface area contributed by atoms with Gasteiger partial charge < -0.3 is 15.1 Å². The van der Waals surface area contributed by atoms with Crippen molar-refractivity contribution >= 4 is 23.4 Å². The van der Waals surface area contributed by atoms with Crippen LogP contribution < -0.4 is 5.32 Å². The monoisotopic (exact) mass is 372 g/mol. The Balaban J connectivity index is 1.46. The zero-order valence-corrected chi connectivity index (χ0v) is 14.3. The molecule has 2 aliphatic heterocycles. The van der Waals surface area contributed by atoms with Gasteiger partial charge in [-0.2, -0.15) is 5.10 Å². The Hall–Kier alpha value is -3.30. The lowest BCUT2D eigenvalue weighted by molar-refractivity contribution is -0.136. The predicted octanol–water partition coefficient (Wildman–Crippen LogP) is 0.354. The molecule has 0 bridgehead atoms. The molecule has 1 aromatic heterocycles. The van der Waals surface area contributed by atoms with E-state index in [1.54, 1.807) is 9.80 Å². The normalized spacial score (nSPS) is 19.4. The fraction of sp³-hybridized carbons (Fsp3) is 0.353. The molecule has 1 atom stereocenters. The standard InChI is InChI=1S/C17H17FN6O3/c18-10-1-2-13-11(7-10)12(8-14(25)21-13)16(26)23-3-5-24(6-4-23)17(27)15-19-9-20-22-15/h1-2,7,9,12H,3-6,8H2,(H,21,25)(H,19,20,22)/t12-/m0/s1. The summed E-state index contributed by atoms with van der Waals surface area (Å²) in [6.07, 6.45) is 1.24. The lowest BCUT2D eigenvalue weighted by Crippen LogP contribution is -2.52. The molecule has 9 nitrogen and oxygen atoms in total. The number of halogens is 1. The van der Waals surface area contributed by atoms with Gasteiger partial charge in [-0.25, -0.2) is 9.37 Å². The molecule has 0 spiro atoms. The first kappa shape index (κ1) is 17.1. The molecule has 0 saturated carbocycles. The van der Waals surface area contributed by atoms with E-state index in [-0.39, 0.29) is 30.0 Å². The van der Waals surface area contributed by atoms with E-state index in [4.69, 9.17) is 0 Å². The van der Waals surface area contributed by atoms with Crippen LogP contribution in [0.1, 0.15) is 28.5 Å². The molecule has 1 aromatic carbocycles. The van der Waals surface area contributed by atoms with Gasteiger partial charge in [-0.3, -0.25) is 19.5 Å². The maximum atomic E-state index is 13.6. The Kier molecular flexibility index (Phi) is 4.30. The first-order chi connectivity index (χ1) is 13.0. The number of hydrogen-bond donors (Lipinski definition) is 2. The van der Waals surface area contributed by atoms with Crippen LogP contribution >= 0.6 is 0 Å². The zero-order chi connectivity index (χ0) is 19.0. The third-order valence-corrected chi connectivity index (χ3v) is 4.85. The summed E-state index contributed by atoms with van der Waals surface area (Å²) < 4.78 is 13.6. The lowest BCUT2D eigenvalue weighted by Gasteiger charge is -2.37. The van der Waals surface area contributed by atoms with Crippen LogP contribution in [-0.2, 0) is 9.59 Å². The molecule has 3 amide bonds. The molecule has 27 heavy (non-hydrogen) atoms. The van der Waals surface area contributed by atoms with E-state index in [9.17, 15) is 18.8 Å². The second-order valence-electron chi connectivity index (χ2n) is 6.49. The van der Waals surface area contributed by atoms with Crippen molar-refractivity contribution < 1.29 is 18.8 Å². The Labute approximate surface area is 153 Å². The van der Waals surface area contributed by atoms with E-state index in [2.05, 4.69) is 20.5 Å². The van der Waals surface area contributed by atoms with Crippen molar-refractivity contribution in [1.29, 1.82) is 0 Å². The van der Waals surface area contributed by atoms with Gasteiger partial charge >= 0.3 is 0 Å². The molecule has 0 aliphatic carbocycles. The SMILES string of the molecule is O=C1C[C@H](C(=O)N2CCN(C(=O)c3ncn[nH]3)CC2)c2cc(F)ccc2N1. The largest absolute Gasteiger partial charge is 0.339 e. The van der Waals surface area contributed by atoms with Crippen molar-refractivity contribution in [3.05, 3.63) is 41.7 Å². The molecule has 10 heteroatoms. The highest BCUT2D eigenvalue weighted by Crippen LogP contribution is 2.34. The smallest absolute Gasteiger partial charge is 0.291 e. The molecule has 4 rings (SSSR count). The Morgan fingerprint density at radius 3 is 2.59 bits per heavy atom. The average molecular weight is 372 g/mol. The summed E-state index contributed by atoms with van der Waals surface area (Å²) in [6, 6.07) is 4.01. The van der Waals surface area contributed by atoms with Crippen molar-refractivity contribution in [3.63, 3.8) is 0 Å². The van der Waals surface area contributed by atoms with Gasteiger partial charge in [0.05, 0.1) is 5.92 Å². The molecular formula is C17H17FN6O3. The Morgan fingerprint density at radius 1 is 1.15 bits per heavy atom. The Bertz CT molecular complexity index is 892. The van der Waals surface area contributed by atoms with Crippen molar-refractivity contribution in [1.82, 2.24) is 25.0 Å². The van der Waals surface area contributed by atoms with Crippen LogP contribution in [-0.4, -0.2) is 68.9 Å². The second kappa shape index (κ2) is 6.78. The van der Waals surface area contributed by atoms with E-state index in [0.29, 0.717) is 37.4 Å². The van der Waals surface area contributed by atoms with Crippen molar-refractivity contribution in [3.8, 4) is 0 Å². The fourth-order valence-electron chi connectivity index (χ4n) is 3.46. The minimum Gasteiger partial charge on any atom is -0.339 e. The molecule has 3 heterocycles. The minimum atomic E-state index is -0.721. The van der Waals surface area contributed by atoms with E-state index < -0.39 is 11.7 Å². The summed E-state index contributed by atoms with van der Waals surface area (Å²) in [6.45, 7) is 1.36. The van der Waals surface area contributed by atoms with Gasteiger partial charge in [0.1, 0.15) is 12.1 Å². The summed E-state index contributed by atoms with van der Waals surface area (Å²) in [5.74, 6) is -1.80. The second-order valence-corrected chi connectivity index (χ2v) is 6.49. The predicted molar refractivity (Wildman–Crippen MR) is 91.3 cm³/mol. The van der Waals surface area contributed by atoms with Crippen molar-refractivity contribution in [2.24, 2.45) is 0 Å². The number of nitrogens with zero attached hydrogens (tertiary/aromatic N) is 4. The highest BCUT2D eigenvalue weighted by atomic mass is 19.1. The third kappa shape index (κ3) is 3.25. The fourth-order valence-corrected chi connectivity index (χ4v) is 3.46. The molecule has 2 aliphatic rings. The van der Waals surface area contributed by atoms with E-state index >= 15 is 0 Å². The van der Waals surface area contributed by atoms with E-state index in [1.165, 1.54) is 24.5 Å². The lowest BCUT2D eigenvalue weighted by atomic mass is 9.89. The minimum absolute atomic E-state index is 0.0213. The number of carbonyl (C=O) groups is 3. The molecule has 2 aromatic rings. The van der Waals surface area contributed by atoms with E-state index in [0.717, 1.165) is 0 Å². The number of anilines is 1. The number of rotatable bonds is 2. The van der Waals surface area contributed by atoms with E-state index in [1.807, 2.05) is 0 Å². The molecule has 1 saturated heterocycles. The van der Waals surface area contributed by atoms with Gasteiger partial charge in [-0.1, -0.05) is 0 Å². The number of fused-ring (bicyclic) bond motifs is 1. The summed E-state index contributed by atoms with van der Waals surface area (Å²) in [4.78, 5) is 44.2. The van der Waals surface area contributed by atoms with Gasteiger partial charge in [-0.15, -0.1) is 0 Å². The molecule has 0 unspecified atom stereocenters. The number of benzene rings is 1. The van der Waals surface area contributed by atoms with Gasteiger partial charge in [0.25, 0.3) is 5.91 Å². The highest BCUT2D eigenvalue weighted by molar-refractivity contribution is 6.01. The first-order valence-corrected chi connectivity index (χ1v) is 8.55. The summed E-state index contributed by atoms with van der Waals surface area (Å²) >= 11 is 0. The number of hydrogen-bond acceptors (Lipinski definition) is 5. The number of nitrogens with one attached hydrogen (secondary N) is 2. The third-order valence-electron chi connectivity index (χ3n) is 4.85. The maximum Gasteiger partial charge on any atom is 0.291 e. The van der Waals surface area contributed by atoms with Gasteiger partial charge in [0.2, 0.25) is 17.6 Å². The van der Waals surface area contributed by atoms with Gasteiger partial charge in [0.15, 0.2) is 0 Å². The zero-order valence-electron chi connectivity index (χ0n) is 14.3. The number of aromatic amines is 1. The van der Waals surface area contributed by atoms with Crippen LogP contribution in [0, 0.1) is 5.82 Å². The Morgan fingerprint density at radius 2 is 1.89 bits per heavy atom. The maximum absolute atomic E-state index is 13.6. The summed E-state index contributed by atoms with van der Waals surface area (Å²) in [7, 11) is 0. The number of carbonyl (C=O) groups excluding carboxylic acids is 3. The molecule has 1 fully saturated rings. The summed E-state index contributed by atoms with van der Waals surface area (Å²) in [5, 5.41) is 8.86. The quantitative estimate of drug-likeness (QED) is 0.790. The molecular weight excluding hydrogens is 355 g/mol.